The lowest BCUT2D eigenvalue weighted by Crippen LogP contribution is -2.25. The van der Waals surface area contributed by atoms with Gasteiger partial charge in [0.15, 0.2) is 0 Å². The molecule has 2 nitrogen and oxygen atoms in total. The molecule has 64 valence electrons. The maximum atomic E-state index is 5.75. The van der Waals surface area contributed by atoms with E-state index in [-0.39, 0.29) is 12.1 Å². The summed E-state index contributed by atoms with van der Waals surface area (Å²) in [6, 6.07) is 0.150. The minimum absolute atomic E-state index is 0.150. The minimum atomic E-state index is 0.150. The highest BCUT2D eigenvalue weighted by Gasteiger charge is 2.05. The second kappa shape index (κ2) is 6.21. The summed E-state index contributed by atoms with van der Waals surface area (Å²) in [7, 11) is 1.70. The molecule has 0 amide bonds. The monoisotopic (exact) mass is 155 g/mol. The molecule has 0 aromatic heterocycles. The van der Waals surface area contributed by atoms with Gasteiger partial charge in [-0.15, -0.1) is 11.8 Å². The topological polar surface area (TPSA) is 35.2 Å². The van der Waals surface area contributed by atoms with Gasteiger partial charge in [0, 0.05) is 19.6 Å². The van der Waals surface area contributed by atoms with Crippen LogP contribution in [0.15, 0.2) is 0 Å². The van der Waals surface area contributed by atoms with Crippen LogP contribution in [0, 0.1) is 11.8 Å². The zero-order valence-electron chi connectivity index (χ0n) is 7.55. The number of methoxy groups -OCH3 is 1. The molecule has 11 heavy (non-hydrogen) atoms. The van der Waals surface area contributed by atoms with Crippen molar-refractivity contribution in [3.63, 3.8) is 0 Å². The molecule has 0 aliphatic carbocycles. The molecular weight excluding hydrogens is 138 g/mol. The van der Waals surface area contributed by atoms with E-state index in [9.17, 15) is 0 Å². The van der Waals surface area contributed by atoms with Crippen molar-refractivity contribution in [3.8, 4) is 11.8 Å². The van der Waals surface area contributed by atoms with Gasteiger partial charge in [0.2, 0.25) is 0 Å². The SMILES string of the molecule is CC#CCC(N)CC(C)OC. The molecule has 0 spiro atoms. The summed E-state index contributed by atoms with van der Waals surface area (Å²) in [5.74, 6) is 5.77. The van der Waals surface area contributed by atoms with Crippen molar-refractivity contribution in [3.05, 3.63) is 0 Å². The smallest absolute Gasteiger partial charge is 0.0558 e. The fourth-order valence-electron chi connectivity index (χ4n) is 0.839. The fourth-order valence-corrected chi connectivity index (χ4v) is 0.839. The van der Waals surface area contributed by atoms with Crippen molar-refractivity contribution in [2.75, 3.05) is 7.11 Å². The Bertz CT molecular complexity index is 145. The second-order valence-corrected chi connectivity index (χ2v) is 2.67. The van der Waals surface area contributed by atoms with E-state index in [2.05, 4.69) is 11.8 Å². The molecule has 2 heteroatoms. The van der Waals surface area contributed by atoms with E-state index in [0.29, 0.717) is 0 Å². The third kappa shape index (κ3) is 5.90. The first-order chi connectivity index (χ1) is 5.20. The van der Waals surface area contributed by atoms with E-state index < -0.39 is 0 Å². The van der Waals surface area contributed by atoms with Crippen LogP contribution in [-0.2, 0) is 4.74 Å². The largest absolute Gasteiger partial charge is 0.382 e. The van der Waals surface area contributed by atoms with Crippen LogP contribution in [0.2, 0.25) is 0 Å². The van der Waals surface area contributed by atoms with Gasteiger partial charge in [-0.2, -0.15) is 0 Å². The first-order valence-corrected chi connectivity index (χ1v) is 3.88. The molecule has 0 aromatic rings. The van der Waals surface area contributed by atoms with Crippen LogP contribution < -0.4 is 5.73 Å². The lowest BCUT2D eigenvalue weighted by molar-refractivity contribution is 0.105. The van der Waals surface area contributed by atoms with E-state index in [1.165, 1.54) is 0 Å². The predicted octanol–water partition coefficient (Wildman–Crippen LogP) is 1.15. The predicted molar refractivity (Wildman–Crippen MR) is 47.1 cm³/mol. The second-order valence-electron chi connectivity index (χ2n) is 2.67. The van der Waals surface area contributed by atoms with Gasteiger partial charge in [0.25, 0.3) is 0 Å². The van der Waals surface area contributed by atoms with Crippen molar-refractivity contribution >= 4 is 0 Å². The van der Waals surface area contributed by atoms with Crippen LogP contribution in [-0.4, -0.2) is 19.3 Å². The number of ether oxygens (including phenoxy) is 1. The fraction of sp³-hybridized carbons (Fsp3) is 0.778. The summed E-state index contributed by atoms with van der Waals surface area (Å²) in [5, 5.41) is 0. The molecule has 0 aliphatic rings. The van der Waals surface area contributed by atoms with Crippen LogP contribution in [0.4, 0.5) is 0 Å². The summed E-state index contributed by atoms with van der Waals surface area (Å²) in [5.41, 5.74) is 5.75. The van der Waals surface area contributed by atoms with E-state index in [1.54, 1.807) is 7.11 Å². The van der Waals surface area contributed by atoms with Gasteiger partial charge in [-0.05, 0) is 20.3 Å². The van der Waals surface area contributed by atoms with Gasteiger partial charge in [0.1, 0.15) is 0 Å². The average molecular weight is 155 g/mol. The Labute approximate surface area is 69.1 Å². The number of rotatable bonds is 4. The Hall–Kier alpha value is -0.520. The molecular formula is C9H17NO. The molecule has 2 N–H and O–H groups in total. The van der Waals surface area contributed by atoms with E-state index in [1.807, 2.05) is 13.8 Å². The van der Waals surface area contributed by atoms with E-state index in [4.69, 9.17) is 10.5 Å². The first kappa shape index (κ1) is 10.5. The maximum Gasteiger partial charge on any atom is 0.0558 e. The molecule has 0 rings (SSSR count). The quantitative estimate of drug-likeness (QED) is 0.618. The zero-order chi connectivity index (χ0) is 8.69. The lowest BCUT2D eigenvalue weighted by Gasteiger charge is -2.13. The van der Waals surface area contributed by atoms with Gasteiger partial charge in [-0.1, -0.05) is 0 Å². The minimum Gasteiger partial charge on any atom is -0.382 e. The standard InChI is InChI=1S/C9H17NO/c1-4-5-6-9(10)7-8(2)11-3/h8-9H,6-7,10H2,1-3H3. The lowest BCUT2D eigenvalue weighted by atomic mass is 10.1. The molecule has 0 saturated heterocycles. The molecule has 0 aliphatic heterocycles. The van der Waals surface area contributed by atoms with Gasteiger partial charge < -0.3 is 10.5 Å². The molecule has 0 saturated carbocycles. The zero-order valence-corrected chi connectivity index (χ0v) is 7.55. The van der Waals surface area contributed by atoms with Crippen molar-refractivity contribution in [1.82, 2.24) is 0 Å². The summed E-state index contributed by atoms with van der Waals surface area (Å²) < 4.78 is 5.07. The van der Waals surface area contributed by atoms with Crippen LogP contribution >= 0.6 is 0 Å². The van der Waals surface area contributed by atoms with Crippen molar-refractivity contribution in [2.45, 2.75) is 38.8 Å². The highest BCUT2D eigenvalue weighted by atomic mass is 16.5. The highest BCUT2D eigenvalue weighted by Crippen LogP contribution is 2.01. The van der Waals surface area contributed by atoms with Crippen molar-refractivity contribution in [2.24, 2.45) is 5.73 Å². The highest BCUT2D eigenvalue weighted by molar-refractivity contribution is 4.97. The Kier molecular flexibility index (Phi) is 5.91. The van der Waals surface area contributed by atoms with Crippen LogP contribution in [0.1, 0.15) is 26.7 Å². The molecule has 2 atom stereocenters. The molecule has 0 radical (unpaired) electrons. The van der Waals surface area contributed by atoms with E-state index >= 15 is 0 Å². The molecule has 0 heterocycles. The average Bonchev–Trinajstić information content (AvgIpc) is 2.00. The van der Waals surface area contributed by atoms with Gasteiger partial charge >= 0.3 is 0 Å². The third-order valence-corrected chi connectivity index (χ3v) is 1.58. The normalized spacial score (nSPS) is 14.9. The van der Waals surface area contributed by atoms with Gasteiger partial charge in [0.05, 0.1) is 6.10 Å². The molecule has 0 fully saturated rings. The number of hydrogen-bond donors (Lipinski definition) is 1. The van der Waals surface area contributed by atoms with Crippen molar-refractivity contribution < 1.29 is 4.74 Å². The summed E-state index contributed by atoms with van der Waals surface area (Å²) in [6.45, 7) is 3.84. The Morgan fingerprint density at radius 1 is 1.55 bits per heavy atom. The summed E-state index contributed by atoms with van der Waals surface area (Å²) >= 11 is 0. The third-order valence-electron chi connectivity index (χ3n) is 1.58. The van der Waals surface area contributed by atoms with Crippen LogP contribution in [0.25, 0.3) is 0 Å². The number of nitrogens with two attached hydrogens (primary N) is 1. The molecule has 2 unspecified atom stereocenters. The maximum absolute atomic E-state index is 5.75. The molecule has 0 bridgehead atoms. The molecule has 0 aromatic carbocycles. The van der Waals surface area contributed by atoms with Gasteiger partial charge in [-0.25, -0.2) is 0 Å². The van der Waals surface area contributed by atoms with Crippen LogP contribution in [0.5, 0.6) is 0 Å². The Morgan fingerprint density at radius 2 is 2.18 bits per heavy atom. The van der Waals surface area contributed by atoms with Crippen molar-refractivity contribution in [1.29, 1.82) is 0 Å². The summed E-state index contributed by atoms with van der Waals surface area (Å²) in [6.07, 6.45) is 1.89. The summed E-state index contributed by atoms with van der Waals surface area (Å²) in [4.78, 5) is 0. The van der Waals surface area contributed by atoms with Gasteiger partial charge in [-0.3, -0.25) is 0 Å². The van der Waals surface area contributed by atoms with E-state index in [0.717, 1.165) is 12.8 Å². The Morgan fingerprint density at radius 3 is 2.64 bits per heavy atom. The van der Waals surface area contributed by atoms with Crippen LogP contribution in [0.3, 0.4) is 0 Å². The first-order valence-electron chi connectivity index (χ1n) is 3.88. The Balaban J connectivity index is 3.48. The number of hydrogen-bond acceptors (Lipinski definition) is 2.